The number of ether oxygens (including phenoxy) is 2. The maximum atomic E-state index is 12.3. The van der Waals surface area contributed by atoms with Gasteiger partial charge in [0.25, 0.3) is 5.91 Å². The normalized spacial score (nSPS) is 38.9. The van der Waals surface area contributed by atoms with Crippen LogP contribution in [0.25, 0.3) is 0 Å². The Morgan fingerprint density at radius 3 is 3.04 bits per heavy atom. The van der Waals surface area contributed by atoms with E-state index in [9.17, 15) is 9.90 Å². The Morgan fingerprint density at radius 1 is 1.50 bits per heavy atom. The number of nitrogens with zero attached hydrogens (tertiary/aromatic N) is 1. The van der Waals surface area contributed by atoms with Gasteiger partial charge in [-0.15, -0.1) is 0 Å². The minimum Gasteiger partial charge on any atom is -0.463 e. The highest BCUT2D eigenvalue weighted by Crippen LogP contribution is 2.61. The third-order valence-electron chi connectivity index (χ3n) is 5.85. The molecule has 3 rings (SSSR count). The Morgan fingerprint density at radius 2 is 2.31 bits per heavy atom. The second-order valence-electron chi connectivity index (χ2n) is 7.45. The molecule has 10 heteroatoms. The lowest BCUT2D eigenvalue weighted by atomic mass is 9.67. The molecule has 2 heterocycles. The molecule has 26 heavy (non-hydrogen) atoms. The number of carbonyl (C=O) groups excluding carboxylic acids is 1. The molecule has 2 saturated heterocycles. The standard InChI is InChI=1S/C16H30N6O4/c1-19-6-7-25-14(23)12-9-11-8-10(2-3-13(17)21-22-18)4-5-15(11)16(24,20-12)26-15/h10-12,19-20,22,24H,2-9,18H2,1H3,(H2,17,21). The summed E-state index contributed by atoms with van der Waals surface area (Å²) < 4.78 is 11.0. The van der Waals surface area contributed by atoms with Crippen LogP contribution in [0.2, 0.25) is 0 Å². The first-order valence-electron chi connectivity index (χ1n) is 9.23. The quantitative estimate of drug-likeness (QED) is 0.0566. The number of hydrazine groups is 1. The molecule has 1 saturated carbocycles. The molecule has 5 atom stereocenters. The molecule has 3 fully saturated rings. The molecule has 0 bridgehead atoms. The maximum absolute atomic E-state index is 12.3. The molecule has 148 valence electrons. The van der Waals surface area contributed by atoms with Crippen molar-refractivity contribution < 1.29 is 19.4 Å². The van der Waals surface area contributed by atoms with Gasteiger partial charge < -0.3 is 25.6 Å². The number of hydrogen-bond acceptors (Lipinski definition) is 9. The second-order valence-corrected chi connectivity index (χ2v) is 7.45. The molecule has 0 aromatic heterocycles. The van der Waals surface area contributed by atoms with E-state index in [4.69, 9.17) is 21.1 Å². The van der Waals surface area contributed by atoms with E-state index in [-0.39, 0.29) is 11.9 Å². The third-order valence-corrected chi connectivity index (χ3v) is 5.85. The summed E-state index contributed by atoms with van der Waals surface area (Å²) in [5, 5.41) is 20.3. The Labute approximate surface area is 153 Å². The van der Waals surface area contributed by atoms with Gasteiger partial charge in [-0.3, -0.25) is 10.1 Å². The maximum Gasteiger partial charge on any atom is 0.323 e. The molecule has 8 N–H and O–H groups in total. The lowest BCUT2D eigenvalue weighted by Crippen LogP contribution is -2.59. The fourth-order valence-corrected chi connectivity index (χ4v) is 4.43. The molecule has 1 spiro atoms. The van der Waals surface area contributed by atoms with Crippen molar-refractivity contribution in [3.05, 3.63) is 0 Å². The topological polar surface area (TPSA) is 160 Å². The molecule has 0 aromatic rings. The van der Waals surface area contributed by atoms with Crippen molar-refractivity contribution in [3.63, 3.8) is 0 Å². The Kier molecular flexibility index (Phi) is 5.68. The number of hydrazone groups is 1. The Bertz CT molecular complexity index is 561. The van der Waals surface area contributed by atoms with Crippen LogP contribution in [0.15, 0.2) is 5.10 Å². The van der Waals surface area contributed by atoms with Gasteiger partial charge >= 0.3 is 5.97 Å². The van der Waals surface area contributed by atoms with Crippen LogP contribution in [0.3, 0.4) is 0 Å². The first-order chi connectivity index (χ1) is 12.4. The van der Waals surface area contributed by atoms with E-state index >= 15 is 0 Å². The number of amidine groups is 1. The predicted octanol–water partition coefficient (Wildman–Crippen LogP) is -1.54. The Balaban J connectivity index is 1.57. The summed E-state index contributed by atoms with van der Waals surface area (Å²) in [6.07, 6.45) is 4.75. The highest BCUT2D eigenvalue weighted by Gasteiger charge is 2.77. The van der Waals surface area contributed by atoms with Crippen LogP contribution in [0.1, 0.15) is 38.5 Å². The molecular weight excluding hydrogens is 340 g/mol. The summed E-state index contributed by atoms with van der Waals surface area (Å²) in [5.41, 5.74) is 7.41. The van der Waals surface area contributed by atoms with Crippen LogP contribution in [0.5, 0.6) is 0 Å². The van der Waals surface area contributed by atoms with E-state index in [2.05, 4.69) is 21.3 Å². The number of nitrogens with one attached hydrogen (secondary N) is 3. The largest absolute Gasteiger partial charge is 0.463 e. The number of piperidine rings is 1. The Hall–Kier alpha value is -1.46. The van der Waals surface area contributed by atoms with E-state index in [0.717, 1.165) is 25.7 Å². The van der Waals surface area contributed by atoms with Gasteiger partial charge in [-0.25, -0.2) is 11.4 Å². The van der Waals surface area contributed by atoms with E-state index in [1.807, 2.05) is 0 Å². The highest BCUT2D eigenvalue weighted by molar-refractivity contribution is 5.79. The van der Waals surface area contributed by atoms with Crippen molar-refractivity contribution in [2.75, 3.05) is 20.2 Å². The van der Waals surface area contributed by atoms with Gasteiger partial charge in [0.15, 0.2) is 0 Å². The van der Waals surface area contributed by atoms with Gasteiger partial charge in [-0.2, -0.15) is 5.10 Å². The molecule has 1 aliphatic carbocycles. The number of hydrogen-bond donors (Lipinski definition) is 6. The third kappa shape index (κ3) is 3.65. The van der Waals surface area contributed by atoms with Gasteiger partial charge in [0.2, 0.25) is 0 Å². The second kappa shape index (κ2) is 7.65. The van der Waals surface area contributed by atoms with Crippen LogP contribution >= 0.6 is 0 Å². The van der Waals surface area contributed by atoms with E-state index < -0.39 is 17.6 Å². The number of likely N-dealkylation sites (N-methyl/N-ethyl adjacent to an activating group) is 1. The van der Waals surface area contributed by atoms with Crippen molar-refractivity contribution in [1.82, 2.24) is 16.2 Å². The molecule has 2 aliphatic heterocycles. The number of carbonyl (C=O) groups is 1. The summed E-state index contributed by atoms with van der Waals surface area (Å²) in [6.45, 7) is 0.897. The van der Waals surface area contributed by atoms with Crippen LogP contribution in [0.4, 0.5) is 0 Å². The number of rotatable bonds is 8. The van der Waals surface area contributed by atoms with Crippen LogP contribution in [-0.2, 0) is 14.3 Å². The lowest BCUT2D eigenvalue weighted by molar-refractivity contribution is -0.151. The van der Waals surface area contributed by atoms with Crippen molar-refractivity contribution in [1.29, 1.82) is 0 Å². The number of nitrogens with two attached hydrogens (primary N) is 2. The molecule has 5 unspecified atom stereocenters. The van der Waals surface area contributed by atoms with Gasteiger partial charge in [-0.05, 0) is 51.0 Å². The van der Waals surface area contributed by atoms with Gasteiger partial charge in [-0.1, -0.05) is 0 Å². The zero-order valence-electron chi connectivity index (χ0n) is 15.2. The average molecular weight is 370 g/mol. The van der Waals surface area contributed by atoms with Crippen LogP contribution in [-0.4, -0.2) is 54.7 Å². The zero-order chi connectivity index (χ0) is 18.8. The van der Waals surface area contributed by atoms with E-state index in [1.54, 1.807) is 7.05 Å². The average Bonchev–Trinajstić information content (AvgIpc) is 3.23. The first kappa shape index (κ1) is 19.3. The predicted molar refractivity (Wildman–Crippen MR) is 94.2 cm³/mol. The summed E-state index contributed by atoms with van der Waals surface area (Å²) in [7, 11) is 1.80. The summed E-state index contributed by atoms with van der Waals surface area (Å²) in [4.78, 5) is 12.3. The number of esters is 1. The lowest BCUT2D eigenvalue weighted by Gasteiger charge is -2.40. The van der Waals surface area contributed by atoms with Crippen molar-refractivity contribution in [2.45, 2.75) is 56.1 Å². The van der Waals surface area contributed by atoms with Crippen molar-refractivity contribution in [2.24, 2.45) is 28.5 Å². The van der Waals surface area contributed by atoms with Gasteiger partial charge in [0.05, 0.1) is 0 Å². The molecule has 0 radical (unpaired) electrons. The van der Waals surface area contributed by atoms with Crippen LogP contribution in [0, 0.1) is 11.8 Å². The molecule has 0 aromatic carbocycles. The molecule has 3 aliphatic rings. The zero-order valence-corrected chi connectivity index (χ0v) is 15.2. The van der Waals surface area contributed by atoms with E-state index in [0.29, 0.717) is 37.7 Å². The minimum absolute atomic E-state index is 0.111. The molecule has 10 nitrogen and oxygen atoms in total. The summed E-state index contributed by atoms with van der Waals surface area (Å²) in [5.74, 6) is 4.42. The minimum atomic E-state index is -1.41. The molecule has 0 amide bonds. The van der Waals surface area contributed by atoms with Crippen LogP contribution < -0.4 is 27.7 Å². The highest BCUT2D eigenvalue weighted by atomic mass is 16.8. The summed E-state index contributed by atoms with van der Waals surface area (Å²) in [6, 6.07) is -0.552. The molecular formula is C16H30N6O4. The first-order valence-corrected chi connectivity index (χ1v) is 9.23. The van der Waals surface area contributed by atoms with Crippen molar-refractivity contribution >= 4 is 11.8 Å². The van der Waals surface area contributed by atoms with Crippen molar-refractivity contribution in [3.8, 4) is 0 Å². The fourth-order valence-electron chi connectivity index (χ4n) is 4.43. The SMILES string of the molecule is CNCCOC(=O)C1CC2CC(CC/C(N)=N/NN)CCC23OC3(O)N1. The summed E-state index contributed by atoms with van der Waals surface area (Å²) >= 11 is 0. The monoisotopic (exact) mass is 370 g/mol. The number of epoxide rings is 1. The van der Waals surface area contributed by atoms with Gasteiger partial charge in [0.1, 0.15) is 24.1 Å². The van der Waals surface area contributed by atoms with Gasteiger partial charge in [0, 0.05) is 13.0 Å². The fraction of sp³-hybridized carbons (Fsp3) is 0.875. The van der Waals surface area contributed by atoms with E-state index in [1.165, 1.54) is 0 Å². The number of aliphatic hydroxyl groups is 1. The smallest absolute Gasteiger partial charge is 0.323 e.